The van der Waals surface area contributed by atoms with Gasteiger partial charge in [-0.15, -0.1) is 0 Å². The van der Waals surface area contributed by atoms with E-state index in [0.29, 0.717) is 11.1 Å². The standard InChI is InChI=1S/C28H19NO2/c1-31-22-11-9-17(10-12-22)28(30)24-8-4-6-19-14-21-15-20-13-18-5-2-3-7-23(18)25(20)16-26(21)29-27(19)24/h2-12,14-16H,13H2,1H3. The second kappa shape index (κ2) is 6.78. The van der Waals surface area contributed by atoms with Crippen LogP contribution in [0.25, 0.3) is 32.9 Å². The molecule has 0 radical (unpaired) electrons. The Morgan fingerprint density at radius 2 is 1.65 bits per heavy atom. The van der Waals surface area contributed by atoms with E-state index >= 15 is 0 Å². The van der Waals surface area contributed by atoms with Crippen molar-refractivity contribution < 1.29 is 9.53 Å². The van der Waals surface area contributed by atoms with Crippen LogP contribution in [0.5, 0.6) is 5.75 Å². The number of ether oxygens (including phenoxy) is 1. The molecule has 148 valence electrons. The maximum Gasteiger partial charge on any atom is 0.195 e. The number of ketones is 1. The Kier molecular flexibility index (Phi) is 3.90. The Labute approximate surface area is 179 Å². The molecule has 4 aromatic carbocycles. The zero-order valence-corrected chi connectivity index (χ0v) is 17.1. The van der Waals surface area contributed by atoms with Crippen molar-refractivity contribution in [1.82, 2.24) is 4.98 Å². The van der Waals surface area contributed by atoms with Crippen molar-refractivity contribution in [1.29, 1.82) is 0 Å². The number of fused-ring (bicyclic) bond motifs is 5. The lowest BCUT2D eigenvalue weighted by Gasteiger charge is -2.09. The van der Waals surface area contributed by atoms with E-state index in [1.165, 1.54) is 22.3 Å². The Morgan fingerprint density at radius 3 is 2.48 bits per heavy atom. The van der Waals surface area contributed by atoms with Crippen LogP contribution in [-0.4, -0.2) is 17.9 Å². The number of pyridine rings is 1. The minimum absolute atomic E-state index is 0.0355. The Morgan fingerprint density at radius 1 is 0.806 bits per heavy atom. The molecule has 1 heterocycles. The van der Waals surface area contributed by atoms with Gasteiger partial charge in [0.1, 0.15) is 5.75 Å². The van der Waals surface area contributed by atoms with E-state index in [2.05, 4.69) is 42.5 Å². The lowest BCUT2D eigenvalue weighted by Crippen LogP contribution is -2.03. The van der Waals surface area contributed by atoms with Gasteiger partial charge >= 0.3 is 0 Å². The summed E-state index contributed by atoms with van der Waals surface area (Å²) < 4.78 is 5.21. The highest BCUT2D eigenvalue weighted by Crippen LogP contribution is 2.39. The molecule has 0 fully saturated rings. The molecule has 0 atom stereocenters. The number of hydrogen-bond donors (Lipinski definition) is 0. The van der Waals surface area contributed by atoms with Gasteiger partial charge in [0.05, 0.1) is 18.1 Å². The zero-order valence-electron chi connectivity index (χ0n) is 17.1. The summed E-state index contributed by atoms with van der Waals surface area (Å²) in [6, 6.07) is 28.1. The molecule has 3 nitrogen and oxygen atoms in total. The van der Waals surface area contributed by atoms with Crippen LogP contribution in [-0.2, 0) is 6.42 Å². The third-order valence-corrected chi connectivity index (χ3v) is 6.15. The van der Waals surface area contributed by atoms with E-state index in [9.17, 15) is 4.79 Å². The molecule has 5 aromatic rings. The molecule has 6 rings (SSSR count). The maximum absolute atomic E-state index is 13.3. The summed E-state index contributed by atoms with van der Waals surface area (Å²) in [5.41, 5.74) is 8.11. The quantitative estimate of drug-likeness (QED) is 0.262. The number of rotatable bonds is 3. The molecule has 0 saturated heterocycles. The van der Waals surface area contributed by atoms with Gasteiger partial charge in [-0.2, -0.15) is 0 Å². The van der Waals surface area contributed by atoms with Crippen LogP contribution in [0.3, 0.4) is 0 Å². The number of methoxy groups -OCH3 is 1. The fourth-order valence-electron chi connectivity index (χ4n) is 4.58. The molecule has 0 unspecified atom stereocenters. The average molecular weight is 401 g/mol. The van der Waals surface area contributed by atoms with E-state index in [1.807, 2.05) is 30.3 Å². The number of aromatic nitrogens is 1. The largest absolute Gasteiger partial charge is 0.497 e. The molecule has 3 heteroatoms. The average Bonchev–Trinajstić information content (AvgIpc) is 3.18. The Hall–Kier alpha value is -3.98. The lowest BCUT2D eigenvalue weighted by atomic mass is 9.98. The van der Waals surface area contributed by atoms with E-state index in [0.717, 1.165) is 34.0 Å². The van der Waals surface area contributed by atoms with Crippen LogP contribution >= 0.6 is 0 Å². The minimum atomic E-state index is -0.0355. The SMILES string of the molecule is COc1ccc(C(=O)c2cccc3cc4cc5c(cc4nc23)-c2ccccc2C5)cc1. The summed E-state index contributed by atoms with van der Waals surface area (Å²) >= 11 is 0. The molecule has 0 saturated carbocycles. The van der Waals surface area contributed by atoms with Gasteiger partial charge in [-0.05, 0) is 77.2 Å². The lowest BCUT2D eigenvalue weighted by molar-refractivity contribution is 0.104. The minimum Gasteiger partial charge on any atom is -0.497 e. The molecular formula is C28H19NO2. The summed E-state index contributed by atoms with van der Waals surface area (Å²) in [7, 11) is 1.62. The zero-order chi connectivity index (χ0) is 20.9. The molecule has 31 heavy (non-hydrogen) atoms. The molecular weight excluding hydrogens is 382 g/mol. The van der Waals surface area contributed by atoms with Gasteiger partial charge < -0.3 is 4.74 Å². The molecule has 1 aromatic heterocycles. The third kappa shape index (κ3) is 2.82. The predicted octanol–water partition coefficient (Wildman–Crippen LogP) is 6.20. The van der Waals surface area contributed by atoms with E-state index in [4.69, 9.17) is 9.72 Å². The summed E-state index contributed by atoms with van der Waals surface area (Å²) in [6.45, 7) is 0. The summed E-state index contributed by atoms with van der Waals surface area (Å²) in [5.74, 6) is 0.694. The Bertz CT molecular complexity index is 1500. The van der Waals surface area contributed by atoms with Crippen molar-refractivity contribution in [2.75, 3.05) is 7.11 Å². The number of benzene rings is 4. The second-order valence-corrected chi connectivity index (χ2v) is 7.96. The highest BCUT2D eigenvalue weighted by molar-refractivity contribution is 6.16. The molecule has 0 aliphatic heterocycles. The normalized spacial score (nSPS) is 12.0. The maximum atomic E-state index is 13.3. The highest BCUT2D eigenvalue weighted by Gasteiger charge is 2.20. The monoisotopic (exact) mass is 401 g/mol. The van der Waals surface area contributed by atoms with Crippen LogP contribution in [0.4, 0.5) is 0 Å². The van der Waals surface area contributed by atoms with E-state index in [1.54, 1.807) is 19.2 Å². The fourth-order valence-corrected chi connectivity index (χ4v) is 4.58. The van der Waals surface area contributed by atoms with Gasteiger partial charge in [-0.25, -0.2) is 4.98 Å². The first-order valence-electron chi connectivity index (χ1n) is 10.3. The van der Waals surface area contributed by atoms with Gasteiger partial charge in [-0.3, -0.25) is 4.79 Å². The first-order valence-corrected chi connectivity index (χ1v) is 10.3. The molecule has 0 bridgehead atoms. The van der Waals surface area contributed by atoms with Gasteiger partial charge in [0.25, 0.3) is 0 Å². The van der Waals surface area contributed by atoms with Crippen molar-refractivity contribution in [2.45, 2.75) is 6.42 Å². The first-order chi connectivity index (χ1) is 15.2. The van der Waals surface area contributed by atoms with Crippen LogP contribution in [0, 0.1) is 0 Å². The number of para-hydroxylation sites is 1. The van der Waals surface area contributed by atoms with Crippen LogP contribution in [0.1, 0.15) is 27.0 Å². The van der Waals surface area contributed by atoms with Crippen molar-refractivity contribution in [2.24, 2.45) is 0 Å². The number of nitrogens with zero attached hydrogens (tertiary/aromatic N) is 1. The number of carbonyl (C=O) groups is 1. The number of hydrogen-bond acceptors (Lipinski definition) is 3. The van der Waals surface area contributed by atoms with Crippen LogP contribution in [0.15, 0.2) is 84.9 Å². The highest BCUT2D eigenvalue weighted by atomic mass is 16.5. The first kappa shape index (κ1) is 17.8. The van der Waals surface area contributed by atoms with E-state index < -0.39 is 0 Å². The van der Waals surface area contributed by atoms with Gasteiger partial charge in [0, 0.05) is 21.9 Å². The van der Waals surface area contributed by atoms with Crippen LogP contribution in [0.2, 0.25) is 0 Å². The molecule has 1 aliphatic carbocycles. The van der Waals surface area contributed by atoms with Crippen molar-refractivity contribution >= 4 is 27.6 Å². The fraction of sp³-hybridized carbons (Fsp3) is 0.0714. The second-order valence-electron chi connectivity index (χ2n) is 7.96. The summed E-state index contributed by atoms with van der Waals surface area (Å²) in [4.78, 5) is 18.2. The Balaban J connectivity index is 1.52. The molecule has 0 amide bonds. The van der Waals surface area contributed by atoms with Crippen molar-refractivity contribution in [3.8, 4) is 16.9 Å². The van der Waals surface area contributed by atoms with Gasteiger partial charge in [0.15, 0.2) is 5.78 Å². The van der Waals surface area contributed by atoms with E-state index in [-0.39, 0.29) is 5.78 Å². The van der Waals surface area contributed by atoms with Gasteiger partial charge in [0.2, 0.25) is 0 Å². The topological polar surface area (TPSA) is 39.2 Å². The van der Waals surface area contributed by atoms with Crippen molar-refractivity contribution in [3.05, 3.63) is 107 Å². The number of carbonyl (C=O) groups excluding carboxylic acids is 1. The molecule has 0 spiro atoms. The summed E-state index contributed by atoms with van der Waals surface area (Å²) in [6.07, 6.45) is 0.954. The smallest absolute Gasteiger partial charge is 0.195 e. The predicted molar refractivity (Wildman–Crippen MR) is 124 cm³/mol. The molecule has 1 aliphatic rings. The summed E-state index contributed by atoms with van der Waals surface area (Å²) in [5, 5.41) is 2.08. The molecule has 0 N–H and O–H groups in total. The van der Waals surface area contributed by atoms with Gasteiger partial charge in [-0.1, -0.05) is 36.4 Å². The third-order valence-electron chi connectivity index (χ3n) is 6.15. The van der Waals surface area contributed by atoms with Crippen LogP contribution < -0.4 is 4.74 Å². The van der Waals surface area contributed by atoms with Crippen molar-refractivity contribution in [3.63, 3.8) is 0 Å².